The largest absolute Gasteiger partial charge is 0.349 e. The van der Waals surface area contributed by atoms with Gasteiger partial charge >= 0.3 is 0 Å². The second-order valence-electron chi connectivity index (χ2n) is 6.64. The predicted molar refractivity (Wildman–Crippen MR) is 87.2 cm³/mol. The molecule has 0 spiro atoms. The fourth-order valence-electron chi connectivity index (χ4n) is 3.12. The molecule has 1 aliphatic carbocycles. The number of hydrogen-bond acceptors (Lipinski definition) is 2. The van der Waals surface area contributed by atoms with Gasteiger partial charge in [-0.15, -0.1) is 0 Å². The average molecular weight is 288 g/mol. The van der Waals surface area contributed by atoms with Crippen LogP contribution in [-0.4, -0.2) is 18.0 Å². The summed E-state index contributed by atoms with van der Waals surface area (Å²) in [5, 5.41) is 3.18. The number of carbonyl (C=O) groups excluding carboxylic acids is 1. The highest BCUT2D eigenvalue weighted by Gasteiger charge is 2.33. The molecule has 1 aromatic rings. The van der Waals surface area contributed by atoms with Gasteiger partial charge in [-0.3, -0.25) is 4.79 Å². The number of hydrogen-bond donors (Lipinski definition) is 2. The van der Waals surface area contributed by atoms with Gasteiger partial charge in [0.1, 0.15) is 0 Å². The number of nitrogens with one attached hydrogen (secondary N) is 1. The molecule has 0 heterocycles. The van der Waals surface area contributed by atoms with Gasteiger partial charge in [0.15, 0.2) is 0 Å². The van der Waals surface area contributed by atoms with E-state index in [1.807, 2.05) is 0 Å². The lowest BCUT2D eigenvalue weighted by molar-refractivity contribution is -0.122. The van der Waals surface area contributed by atoms with Crippen LogP contribution in [0.4, 0.5) is 0 Å². The maximum Gasteiger partial charge on any atom is 0.220 e. The van der Waals surface area contributed by atoms with E-state index in [9.17, 15) is 4.79 Å². The summed E-state index contributed by atoms with van der Waals surface area (Å²) in [5.74, 6) is 0.685. The molecule has 1 fully saturated rings. The minimum Gasteiger partial charge on any atom is -0.349 e. The molecular weight excluding hydrogens is 260 g/mol. The van der Waals surface area contributed by atoms with Gasteiger partial charge in [-0.05, 0) is 36.3 Å². The zero-order chi connectivity index (χ0) is 15.3. The van der Waals surface area contributed by atoms with Crippen molar-refractivity contribution in [3.05, 3.63) is 35.4 Å². The third-order valence-corrected chi connectivity index (χ3v) is 4.64. The van der Waals surface area contributed by atoms with Gasteiger partial charge in [0, 0.05) is 13.0 Å². The fraction of sp³-hybridized carbons (Fsp3) is 0.611. The van der Waals surface area contributed by atoms with Crippen LogP contribution in [0.5, 0.6) is 0 Å². The number of carbonyl (C=O) groups is 1. The van der Waals surface area contributed by atoms with Crippen LogP contribution in [0.1, 0.15) is 63.0 Å². The van der Waals surface area contributed by atoms with Gasteiger partial charge in [0.25, 0.3) is 0 Å². The Morgan fingerprint density at radius 2 is 1.86 bits per heavy atom. The number of aryl methyl sites for hydroxylation is 1. The molecule has 1 amide bonds. The topological polar surface area (TPSA) is 55.1 Å². The molecule has 2 rings (SSSR count). The Balaban J connectivity index is 1.83. The summed E-state index contributed by atoms with van der Waals surface area (Å²) < 4.78 is 0. The van der Waals surface area contributed by atoms with Gasteiger partial charge in [-0.2, -0.15) is 0 Å². The van der Waals surface area contributed by atoms with Crippen LogP contribution in [0.15, 0.2) is 24.3 Å². The summed E-state index contributed by atoms with van der Waals surface area (Å²) in [7, 11) is 0. The number of amides is 1. The molecule has 3 heteroatoms. The van der Waals surface area contributed by atoms with Crippen molar-refractivity contribution in [3.63, 3.8) is 0 Å². The van der Waals surface area contributed by atoms with Crippen molar-refractivity contribution in [1.29, 1.82) is 0 Å². The van der Waals surface area contributed by atoms with Crippen molar-refractivity contribution in [2.24, 2.45) is 5.73 Å². The molecule has 0 aliphatic heterocycles. The maximum atomic E-state index is 12.1. The SMILES string of the molecule is CC(C)c1ccc(CCC(=O)NC2(CN)CCCC2)cc1. The minimum atomic E-state index is -0.126. The van der Waals surface area contributed by atoms with Gasteiger partial charge in [-0.1, -0.05) is 51.0 Å². The number of rotatable bonds is 6. The highest BCUT2D eigenvalue weighted by Crippen LogP contribution is 2.28. The van der Waals surface area contributed by atoms with Gasteiger partial charge < -0.3 is 11.1 Å². The molecule has 0 aromatic heterocycles. The van der Waals surface area contributed by atoms with E-state index in [1.165, 1.54) is 24.0 Å². The van der Waals surface area contributed by atoms with Crippen molar-refractivity contribution < 1.29 is 4.79 Å². The normalized spacial score (nSPS) is 17.1. The predicted octanol–water partition coefficient (Wildman–Crippen LogP) is 3.13. The van der Waals surface area contributed by atoms with Crippen molar-refractivity contribution >= 4 is 5.91 Å². The summed E-state index contributed by atoms with van der Waals surface area (Å²) in [4.78, 5) is 12.1. The lowest BCUT2D eigenvalue weighted by Crippen LogP contribution is -2.51. The molecular formula is C18H28N2O. The highest BCUT2D eigenvalue weighted by atomic mass is 16.1. The van der Waals surface area contributed by atoms with Crippen LogP contribution in [0.3, 0.4) is 0 Å². The first-order valence-electron chi connectivity index (χ1n) is 8.14. The van der Waals surface area contributed by atoms with E-state index in [0.29, 0.717) is 18.9 Å². The Hall–Kier alpha value is -1.35. The standard InChI is InChI=1S/C18H28N2O/c1-14(2)16-8-5-15(6-9-16)7-10-17(21)20-18(13-19)11-3-4-12-18/h5-6,8-9,14H,3-4,7,10-13,19H2,1-2H3,(H,20,21). The van der Waals surface area contributed by atoms with Crippen molar-refractivity contribution in [1.82, 2.24) is 5.32 Å². The molecule has 3 N–H and O–H groups in total. The summed E-state index contributed by atoms with van der Waals surface area (Å²) in [6.07, 6.45) is 5.74. The highest BCUT2D eigenvalue weighted by molar-refractivity contribution is 5.77. The van der Waals surface area contributed by atoms with E-state index in [4.69, 9.17) is 5.73 Å². The molecule has 3 nitrogen and oxygen atoms in total. The summed E-state index contributed by atoms with van der Waals surface area (Å²) in [6, 6.07) is 8.60. The monoisotopic (exact) mass is 288 g/mol. The van der Waals surface area contributed by atoms with Crippen LogP contribution < -0.4 is 11.1 Å². The molecule has 0 bridgehead atoms. The fourth-order valence-corrected chi connectivity index (χ4v) is 3.12. The van der Waals surface area contributed by atoms with E-state index in [2.05, 4.69) is 43.4 Å². The smallest absolute Gasteiger partial charge is 0.220 e. The van der Waals surface area contributed by atoms with Crippen LogP contribution in [0.2, 0.25) is 0 Å². The van der Waals surface area contributed by atoms with Crippen molar-refractivity contribution in [2.45, 2.75) is 63.8 Å². The van der Waals surface area contributed by atoms with Crippen molar-refractivity contribution in [2.75, 3.05) is 6.54 Å². The Morgan fingerprint density at radius 1 is 1.24 bits per heavy atom. The van der Waals surface area contributed by atoms with Crippen LogP contribution in [-0.2, 0) is 11.2 Å². The summed E-state index contributed by atoms with van der Waals surface area (Å²) in [6.45, 7) is 4.94. The quantitative estimate of drug-likeness (QED) is 0.845. The van der Waals surface area contributed by atoms with Crippen LogP contribution in [0, 0.1) is 0 Å². The third kappa shape index (κ3) is 4.31. The first kappa shape index (κ1) is 16.0. The molecule has 21 heavy (non-hydrogen) atoms. The molecule has 1 saturated carbocycles. The molecule has 0 saturated heterocycles. The number of nitrogens with two attached hydrogens (primary N) is 1. The number of benzene rings is 1. The van der Waals surface area contributed by atoms with Crippen LogP contribution in [0.25, 0.3) is 0 Å². The molecule has 1 aliphatic rings. The Kier molecular flexibility index (Phi) is 5.40. The van der Waals surface area contributed by atoms with E-state index in [1.54, 1.807) is 0 Å². The maximum absolute atomic E-state index is 12.1. The molecule has 0 unspecified atom stereocenters. The minimum absolute atomic E-state index is 0.126. The first-order valence-corrected chi connectivity index (χ1v) is 8.14. The lowest BCUT2D eigenvalue weighted by Gasteiger charge is -2.28. The molecule has 1 aromatic carbocycles. The van der Waals surface area contributed by atoms with Gasteiger partial charge in [0.05, 0.1) is 5.54 Å². The third-order valence-electron chi connectivity index (χ3n) is 4.64. The molecule has 116 valence electrons. The van der Waals surface area contributed by atoms with Crippen LogP contribution >= 0.6 is 0 Å². The van der Waals surface area contributed by atoms with E-state index in [0.717, 1.165) is 19.3 Å². The van der Waals surface area contributed by atoms with Crippen molar-refractivity contribution in [3.8, 4) is 0 Å². The Bertz CT molecular complexity index is 459. The first-order chi connectivity index (χ1) is 10.0. The second kappa shape index (κ2) is 7.08. The Morgan fingerprint density at radius 3 is 2.38 bits per heavy atom. The second-order valence-corrected chi connectivity index (χ2v) is 6.64. The summed E-state index contributed by atoms with van der Waals surface area (Å²) >= 11 is 0. The zero-order valence-corrected chi connectivity index (χ0v) is 13.3. The average Bonchev–Trinajstić information content (AvgIpc) is 2.94. The molecule has 0 atom stereocenters. The zero-order valence-electron chi connectivity index (χ0n) is 13.3. The summed E-state index contributed by atoms with van der Waals surface area (Å²) in [5.41, 5.74) is 8.30. The van der Waals surface area contributed by atoms with E-state index < -0.39 is 0 Å². The van der Waals surface area contributed by atoms with Gasteiger partial charge in [0.2, 0.25) is 5.91 Å². The van der Waals surface area contributed by atoms with E-state index in [-0.39, 0.29) is 11.4 Å². The van der Waals surface area contributed by atoms with Gasteiger partial charge in [-0.25, -0.2) is 0 Å². The molecule has 0 radical (unpaired) electrons. The lowest BCUT2D eigenvalue weighted by atomic mass is 9.97. The Labute approximate surface area is 128 Å². The van der Waals surface area contributed by atoms with E-state index >= 15 is 0 Å².